The van der Waals surface area contributed by atoms with Gasteiger partial charge in [0.15, 0.2) is 0 Å². The van der Waals surface area contributed by atoms with E-state index in [-0.39, 0.29) is 67.6 Å². The van der Waals surface area contributed by atoms with Gasteiger partial charge in [-0.3, -0.25) is 14.4 Å². The summed E-state index contributed by atoms with van der Waals surface area (Å²) >= 11 is 0. The summed E-state index contributed by atoms with van der Waals surface area (Å²) in [7, 11) is 1.32. The molecule has 0 unspecified atom stereocenters. The van der Waals surface area contributed by atoms with E-state index in [9.17, 15) is 19.5 Å². The van der Waals surface area contributed by atoms with Crippen LogP contribution < -0.4 is 26.6 Å². The Morgan fingerprint density at radius 3 is 1.65 bits per heavy atom. The summed E-state index contributed by atoms with van der Waals surface area (Å²) in [5.41, 5.74) is 2.34. The van der Waals surface area contributed by atoms with Crippen molar-refractivity contribution in [3.63, 3.8) is 0 Å². The maximum Gasteiger partial charge on any atom is 0.307 e. The molecule has 16 heteroatoms. The van der Waals surface area contributed by atoms with E-state index in [1.807, 2.05) is 18.2 Å². The second-order valence-electron chi connectivity index (χ2n) is 10.6. The number of aromatic nitrogens is 3. The molecule has 51 heavy (non-hydrogen) atoms. The van der Waals surface area contributed by atoms with Gasteiger partial charge in [0.25, 0.3) is 11.8 Å². The number of amides is 2. The quantitative estimate of drug-likeness (QED) is 0.0395. The highest BCUT2D eigenvalue weighted by Gasteiger charge is 2.10. The van der Waals surface area contributed by atoms with Crippen molar-refractivity contribution in [2.75, 3.05) is 82.3 Å². The van der Waals surface area contributed by atoms with Gasteiger partial charge < -0.3 is 50.6 Å². The van der Waals surface area contributed by atoms with E-state index in [4.69, 9.17) is 14.2 Å². The third-order valence-electron chi connectivity index (χ3n) is 6.84. The maximum atomic E-state index is 12.5. The number of esters is 1. The molecule has 270 valence electrons. The molecular formula is C35H42N8O8. The van der Waals surface area contributed by atoms with Crippen molar-refractivity contribution in [3.8, 4) is 5.75 Å². The molecule has 16 nitrogen and oxygen atoms in total. The first kappa shape index (κ1) is 38.0. The van der Waals surface area contributed by atoms with Gasteiger partial charge in [-0.15, -0.1) is 0 Å². The Bertz CT molecular complexity index is 1660. The molecule has 0 aliphatic rings. The van der Waals surface area contributed by atoms with Gasteiger partial charge in [-0.2, -0.15) is 15.0 Å². The van der Waals surface area contributed by atoms with Gasteiger partial charge in [0.1, 0.15) is 5.75 Å². The monoisotopic (exact) mass is 702 g/mol. The summed E-state index contributed by atoms with van der Waals surface area (Å²) in [5, 5.41) is 24.6. The van der Waals surface area contributed by atoms with E-state index in [0.717, 1.165) is 0 Å². The molecule has 0 atom stereocenters. The van der Waals surface area contributed by atoms with Gasteiger partial charge >= 0.3 is 5.97 Å². The van der Waals surface area contributed by atoms with Gasteiger partial charge in [0.05, 0.1) is 53.2 Å². The molecule has 3 aromatic carbocycles. The number of nitrogens with one attached hydrogen (secondary N) is 5. The van der Waals surface area contributed by atoms with Gasteiger partial charge in [0, 0.05) is 42.1 Å². The lowest BCUT2D eigenvalue weighted by atomic mass is 10.2. The fourth-order valence-electron chi connectivity index (χ4n) is 4.26. The average Bonchev–Trinajstić information content (AvgIpc) is 3.15. The lowest BCUT2D eigenvalue weighted by Crippen LogP contribution is -2.27. The topological polar surface area (TPSA) is 207 Å². The second kappa shape index (κ2) is 21.3. The zero-order valence-electron chi connectivity index (χ0n) is 28.2. The molecule has 0 fully saturated rings. The van der Waals surface area contributed by atoms with Crippen LogP contribution in [0.3, 0.4) is 0 Å². The highest BCUT2D eigenvalue weighted by Crippen LogP contribution is 2.21. The number of benzene rings is 3. The first-order valence-corrected chi connectivity index (χ1v) is 16.2. The van der Waals surface area contributed by atoms with Crippen molar-refractivity contribution < 1.29 is 38.4 Å². The predicted octanol–water partition coefficient (Wildman–Crippen LogP) is 3.25. The fourth-order valence-corrected chi connectivity index (χ4v) is 4.26. The lowest BCUT2D eigenvalue weighted by Gasteiger charge is -2.12. The van der Waals surface area contributed by atoms with E-state index in [0.29, 0.717) is 62.0 Å². The summed E-state index contributed by atoms with van der Waals surface area (Å²) in [6, 6.07) is 22.2. The smallest absolute Gasteiger partial charge is 0.307 e. The maximum absolute atomic E-state index is 12.5. The minimum absolute atomic E-state index is 0.127. The Labute approximate surface area is 295 Å². The molecule has 4 rings (SSSR count). The number of phenolic OH excluding ortho intramolecular Hbond substituents is 1. The minimum atomic E-state index is -0.356. The number of phenols is 1. The first-order valence-electron chi connectivity index (χ1n) is 16.2. The van der Waals surface area contributed by atoms with E-state index >= 15 is 0 Å². The third-order valence-corrected chi connectivity index (χ3v) is 6.84. The van der Waals surface area contributed by atoms with Crippen LogP contribution >= 0.6 is 0 Å². The van der Waals surface area contributed by atoms with Gasteiger partial charge in [-0.1, -0.05) is 18.2 Å². The molecule has 4 aromatic rings. The van der Waals surface area contributed by atoms with Gasteiger partial charge in [0.2, 0.25) is 17.8 Å². The molecule has 0 saturated carbocycles. The largest absolute Gasteiger partial charge is 0.508 e. The van der Waals surface area contributed by atoms with Crippen LogP contribution in [0.2, 0.25) is 0 Å². The van der Waals surface area contributed by atoms with Crippen molar-refractivity contribution in [1.82, 2.24) is 25.6 Å². The van der Waals surface area contributed by atoms with Crippen molar-refractivity contribution in [2.45, 2.75) is 6.42 Å². The zero-order chi connectivity index (χ0) is 36.1. The summed E-state index contributed by atoms with van der Waals surface area (Å²) in [6.45, 7) is 3.00. The van der Waals surface area contributed by atoms with Crippen LogP contribution in [0.25, 0.3) is 0 Å². The lowest BCUT2D eigenvalue weighted by molar-refractivity contribution is -0.141. The van der Waals surface area contributed by atoms with Gasteiger partial charge in [-0.05, 0) is 60.7 Å². The van der Waals surface area contributed by atoms with Crippen LogP contribution in [-0.2, 0) is 23.7 Å². The van der Waals surface area contributed by atoms with Crippen molar-refractivity contribution in [3.05, 3.63) is 90.0 Å². The van der Waals surface area contributed by atoms with Crippen LogP contribution in [0.4, 0.5) is 29.2 Å². The predicted molar refractivity (Wildman–Crippen MR) is 190 cm³/mol. The number of rotatable bonds is 22. The zero-order valence-corrected chi connectivity index (χ0v) is 28.2. The number of methoxy groups -OCH3 is 1. The van der Waals surface area contributed by atoms with E-state index in [1.165, 1.54) is 7.11 Å². The molecule has 1 aromatic heterocycles. The van der Waals surface area contributed by atoms with Gasteiger partial charge in [-0.25, -0.2) is 0 Å². The number of hydrogen-bond donors (Lipinski definition) is 6. The molecule has 2 amide bonds. The number of nitrogens with zero attached hydrogens (tertiary/aromatic N) is 3. The number of aromatic hydroxyl groups is 1. The summed E-state index contributed by atoms with van der Waals surface area (Å²) in [4.78, 5) is 49.1. The van der Waals surface area contributed by atoms with E-state index in [1.54, 1.807) is 60.7 Å². The van der Waals surface area contributed by atoms with Crippen LogP contribution in [-0.4, -0.2) is 104 Å². The SMILES string of the molecule is COC(=O)CCOCCNC(=O)c1ccc(Nc2nc(NCCOCCOCCNC(=O)c3ccccc3)nc(Nc3ccc(O)cc3)n2)cc1. The Balaban J connectivity index is 1.22. The van der Waals surface area contributed by atoms with Crippen molar-refractivity contribution in [1.29, 1.82) is 0 Å². The van der Waals surface area contributed by atoms with Crippen LogP contribution in [0, 0.1) is 0 Å². The number of anilines is 5. The van der Waals surface area contributed by atoms with E-state index < -0.39 is 0 Å². The molecule has 0 spiro atoms. The Morgan fingerprint density at radius 2 is 1.08 bits per heavy atom. The molecule has 0 aliphatic heterocycles. The van der Waals surface area contributed by atoms with Crippen LogP contribution in [0.1, 0.15) is 27.1 Å². The van der Waals surface area contributed by atoms with Crippen molar-refractivity contribution >= 4 is 47.0 Å². The summed E-state index contributed by atoms with van der Waals surface area (Å²) in [6.07, 6.45) is 0.150. The molecule has 1 heterocycles. The average molecular weight is 703 g/mol. The highest BCUT2D eigenvalue weighted by atomic mass is 16.5. The summed E-state index contributed by atoms with van der Waals surface area (Å²) < 4.78 is 21.1. The molecule has 0 bridgehead atoms. The Hall–Kier alpha value is -5.84. The highest BCUT2D eigenvalue weighted by molar-refractivity contribution is 5.94. The fraction of sp³-hybridized carbons (Fsp3) is 0.314. The second-order valence-corrected chi connectivity index (χ2v) is 10.6. The number of carbonyl (C=O) groups is 3. The molecule has 0 saturated heterocycles. The Morgan fingerprint density at radius 1 is 0.588 bits per heavy atom. The third kappa shape index (κ3) is 14.3. The first-order chi connectivity index (χ1) is 24.9. The minimum Gasteiger partial charge on any atom is -0.508 e. The number of hydrogen-bond acceptors (Lipinski definition) is 14. The van der Waals surface area contributed by atoms with Crippen LogP contribution in [0.15, 0.2) is 78.9 Å². The molecule has 6 N–H and O–H groups in total. The number of carbonyl (C=O) groups excluding carboxylic acids is 3. The van der Waals surface area contributed by atoms with Crippen molar-refractivity contribution in [2.24, 2.45) is 0 Å². The molecule has 0 radical (unpaired) electrons. The molecular weight excluding hydrogens is 660 g/mol. The van der Waals surface area contributed by atoms with Crippen LogP contribution in [0.5, 0.6) is 5.75 Å². The summed E-state index contributed by atoms with van der Waals surface area (Å²) in [5.74, 6) is 0.127. The van der Waals surface area contributed by atoms with E-state index in [2.05, 4.69) is 46.3 Å². The molecule has 0 aliphatic carbocycles. The Kier molecular flexibility index (Phi) is 15.9. The normalized spacial score (nSPS) is 10.6. The number of ether oxygens (including phenoxy) is 4. The standard InChI is InChI=1S/C35H42N8O8/c1-48-30(45)15-19-49-20-16-37-32(47)26-7-9-27(10-8-26)39-34-41-33(42-35(43-34)40-28-11-13-29(44)14-12-28)38-18-22-51-24-23-50-21-17-36-31(46)25-5-3-2-4-6-25/h2-14,44H,15-24H2,1H3,(H,36,46)(H,37,47)(H3,38,39,40,41,42,43).